The molecule has 0 fully saturated rings. The van der Waals surface area contributed by atoms with Crippen LogP contribution in [0.25, 0.3) is 16.2 Å². The van der Waals surface area contributed by atoms with E-state index in [0.29, 0.717) is 17.9 Å². The van der Waals surface area contributed by atoms with Gasteiger partial charge in [-0.3, -0.25) is 9.20 Å². The van der Waals surface area contributed by atoms with Gasteiger partial charge >= 0.3 is 5.97 Å². The van der Waals surface area contributed by atoms with Crippen molar-refractivity contribution in [1.82, 2.24) is 9.38 Å². The molecular formula is C15H13FN2O2S. The molecule has 2 aromatic heterocycles. The summed E-state index contributed by atoms with van der Waals surface area (Å²) in [5.41, 5.74) is 2.23. The molecular weight excluding hydrogens is 291 g/mol. The van der Waals surface area contributed by atoms with Gasteiger partial charge in [-0.2, -0.15) is 0 Å². The molecule has 0 atom stereocenters. The van der Waals surface area contributed by atoms with Crippen LogP contribution in [0.5, 0.6) is 0 Å². The summed E-state index contributed by atoms with van der Waals surface area (Å²) in [4.78, 5) is 16.8. The fraction of sp³-hybridized carbons (Fsp3) is 0.200. The number of fused-ring (bicyclic) bond motifs is 1. The number of imidazole rings is 1. The van der Waals surface area contributed by atoms with E-state index in [-0.39, 0.29) is 18.2 Å². The van der Waals surface area contributed by atoms with Gasteiger partial charge in [0.05, 0.1) is 18.7 Å². The number of thiazole rings is 1. The lowest BCUT2D eigenvalue weighted by molar-refractivity contribution is -0.142. The first-order valence-corrected chi connectivity index (χ1v) is 7.42. The van der Waals surface area contributed by atoms with Gasteiger partial charge in [0.2, 0.25) is 0 Å². The number of hydrogen-bond donors (Lipinski definition) is 0. The van der Waals surface area contributed by atoms with Crippen LogP contribution >= 0.6 is 11.3 Å². The lowest BCUT2D eigenvalue weighted by Crippen LogP contribution is -2.08. The normalized spacial score (nSPS) is 11.0. The van der Waals surface area contributed by atoms with Crippen molar-refractivity contribution in [2.24, 2.45) is 0 Å². The molecule has 0 aliphatic rings. The predicted octanol–water partition coefficient (Wildman–Crippen LogP) is 3.31. The molecule has 3 rings (SSSR count). The molecule has 1 aromatic carbocycles. The van der Waals surface area contributed by atoms with Gasteiger partial charge < -0.3 is 4.74 Å². The summed E-state index contributed by atoms with van der Waals surface area (Å²) >= 11 is 1.44. The lowest BCUT2D eigenvalue weighted by Gasteiger charge is -2.00. The number of ether oxygens (including phenoxy) is 1. The predicted molar refractivity (Wildman–Crippen MR) is 78.8 cm³/mol. The number of carbonyl (C=O) groups excluding carboxylic acids is 1. The van der Waals surface area contributed by atoms with E-state index in [1.165, 1.54) is 23.5 Å². The Hall–Kier alpha value is -2.21. The van der Waals surface area contributed by atoms with Crippen molar-refractivity contribution in [3.63, 3.8) is 0 Å². The zero-order valence-corrected chi connectivity index (χ0v) is 12.2. The van der Waals surface area contributed by atoms with Crippen LogP contribution < -0.4 is 0 Å². The second kappa shape index (κ2) is 5.65. The van der Waals surface area contributed by atoms with Crippen molar-refractivity contribution in [2.75, 3.05) is 6.61 Å². The molecule has 0 unspecified atom stereocenters. The minimum atomic E-state index is -0.296. The molecule has 108 valence electrons. The molecule has 0 saturated heterocycles. The van der Waals surface area contributed by atoms with E-state index in [0.717, 1.165) is 10.7 Å². The van der Waals surface area contributed by atoms with Crippen molar-refractivity contribution < 1.29 is 13.9 Å². The van der Waals surface area contributed by atoms with Crippen LogP contribution in [0.3, 0.4) is 0 Å². The SMILES string of the molecule is CCOC(=O)Cc1csc2nc(-c3cccc(F)c3)cn12. The summed E-state index contributed by atoms with van der Waals surface area (Å²) in [6, 6.07) is 6.30. The second-order valence-electron chi connectivity index (χ2n) is 4.50. The van der Waals surface area contributed by atoms with E-state index in [1.807, 2.05) is 16.0 Å². The Bertz CT molecular complexity index is 794. The highest BCUT2D eigenvalue weighted by Gasteiger charge is 2.13. The first kappa shape index (κ1) is 13.8. The molecule has 2 heterocycles. The number of rotatable bonds is 4. The van der Waals surface area contributed by atoms with Crippen LogP contribution in [0.1, 0.15) is 12.6 Å². The minimum absolute atomic E-state index is 0.201. The molecule has 0 bridgehead atoms. The molecule has 0 N–H and O–H groups in total. The number of hydrogen-bond acceptors (Lipinski definition) is 4. The zero-order valence-electron chi connectivity index (χ0n) is 11.4. The monoisotopic (exact) mass is 304 g/mol. The number of aromatic nitrogens is 2. The van der Waals surface area contributed by atoms with Crippen molar-refractivity contribution >= 4 is 22.3 Å². The topological polar surface area (TPSA) is 43.6 Å². The Morgan fingerprint density at radius 3 is 3.10 bits per heavy atom. The molecule has 0 aliphatic heterocycles. The highest BCUT2D eigenvalue weighted by atomic mass is 32.1. The Balaban J connectivity index is 1.94. The number of benzene rings is 1. The quantitative estimate of drug-likeness (QED) is 0.695. The van der Waals surface area contributed by atoms with Crippen molar-refractivity contribution in [1.29, 1.82) is 0 Å². The maximum Gasteiger partial charge on any atom is 0.311 e. The number of nitrogens with zero attached hydrogens (tertiary/aromatic N) is 2. The number of esters is 1. The van der Waals surface area contributed by atoms with Crippen molar-refractivity contribution in [3.8, 4) is 11.3 Å². The van der Waals surface area contributed by atoms with Gasteiger partial charge in [0.25, 0.3) is 0 Å². The largest absolute Gasteiger partial charge is 0.466 e. The van der Waals surface area contributed by atoms with E-state index in [9.17, 15) is 9.18 Å². The summed E-state index contributed by atoms with van der Waals surface area (Å²) in [5.74, 6) is -0.561. The van der Waals surface area contributed by atoms with Crippen LogP contribution in [0.2, 0.25) is 0 Å². The summed E-state index contributed by atoms with van der Waals surface area (Å²) in [6.45, 7) is 2.14. The van der Waals surface area contributed by atoms with E-state index >= 15 is 0 Å². The van der Waals surface area contributed by atoms with Gasteiger partial charge in [-0.1, -0.05) is 12.1 Å². The first-order chi connectivity index (χ1) is 10.2. The smallest absolute Gasteiger partial charge is 0.311 e. The lowest BCUT2D eigenvalue weighted by atomic mass is 10.2. The van der Waals surface area contributed by atoms with Crippen LogP contribution in [0, 0.1) is 5.82 Å². The molecule has 3 aromatic rings. The average molecular weight is 304 g/mol. The molecule has 0 aliphatic carbocycles. The maximum atomic E-state index is 13.3. The van der Waals surface area contributed by atoms with Crippen molar-refractivity contribution in [2.45, 2.75) is 13.3 Å². The Morgan fingerprint density at radius 2 is 2.33 bits per heavy atom. The summed E-state index contributed by atoms with van der Waals surface area (Å²) in [5, 5.41) is 1.88. The van der Waals surface area contributed by atoms with Gasteiger partial charge in [0.1, 0.15) is 5.82 Å². The fourth-order valence-electron chi connectivity index (χ4n) is 2.10. The Kier molecular flexibility index (Phi) is 3.70. The van der Waals surface area contributed by atoms with Crippen LogP contribution in [0.15, 0.2) is 35.8 Å². The minimum Gasteiger partial charge on any atom is -0.466 e. The third kappa shape index (κ3) is 2.80. The highest BCUT2D eigenvalue weighted by molar-refractivity contribution is 7.15. The van der Waals surface area contributed by atoms with E-state index < -0.39 is 0 Å². The number of carbonyl (C=O) groups is 1. The molecule has 21 heavy (non-hydrogen) atoms. The van der Waals surface area contributed by atoms with Crippen molar-refractivity contribution in [3.05, 3.63) is 47.4 Å². The summed E-state index contributed by atoms with van der Waals surface area (Å²) in [7, 11) is 0. The summed E-state index contributed by atoms with van der Waals surface area (Å²) < 4.78 is 20.1. The van der Waals surface area contributed by atoms with Gasteiger partial charge in [0, 0.05) is 22.8 Å². The van der Waals surface area contributed by atoms with Gasteiger partial charge in [-0.25, -0.2) is 9.37 Å². The van der Waals surface area contributed by atoms with Gasteiger partial charge in [-0.05, 0) is 19.1 Å². The molecule has 0 saturated carbocycles. The van der Waals surface area contributed by atoms with E-state index in [1.54, 1.807) is 19.1 Å². The summed E-state index contributed by atoms with van der Waals surface area (Å²) in [6.07, 6.45) is 2.02. The van der Waals surface area contributed by atoms with E-state index in [2.05, 4.69) is 4.98 Å². The third-order valence-corrected chi connectivity index (χ3v) is 3.92. The van der Waals surface area contributed by atoms with Gasteiger partial charge in [0.15, 0.2) is 4.96 Å². The standard InChI is InChI=1S/C15H13FN2O2S/c1-2-20-14(19)7-12-9-21-15-17-13(8-18(12)15)10-4-3-5-11(16)6-10/h3-6,8-9H,2,7H2,1H3. The fourth-order valence-corrected chi connectivity index (χ4v) is 2.98. The van der Waals surface area contributed by atoms with E-state index in [4.69, 9.17) is 4.74 Å². The van der Waals surface area contributed by atoms with Crippen LogP contribution in [-0.4, -0.2) is 22.0 Å². The number of halogens is 1. The molecule has 4 nitrogen and oxygen atoms in total. The average Bonchev–Trinajstić information content (AvgIpc) is 3.01. The Labute approximate surface area is 124 Å². The Morgan fingerprint density at radius 1 is 1.48 bits per heavy atom. The maximum absolute atomic E-state index is 13.3. The zero-order chi connectivity index (χ0) is 14.8. The first-order valence-electron chi connectivity index (χ1n) is 6.54. The molecule has 0 radical (unpaired) electrons. The highest BCUT2D eigenvalue weighted by Crippen LogP contribution is 2.24. The molecule has 0 amide bonds. The third-order valence-electron chi connectivity index (χ3n) is 3.03. The van der Waals surface area contributed by atoms with Crippen LogP contribution in [-0.2, 0) is 16.0 Å². The molecule has 6 heteroatoms. The second-order valence-corrected chi connectivity index (χ2v) is 5.33. The van der Waals surface area contributed by atoms with Gasteiger partial charge in [-0.15, -0.1) is 11.3 Å². The molecule has 0 spiro atoms. The van der Waals surface area contributed by atoms with Crippen LogP contribution in [0.4, 0.5) is 4.39 Å².